The van der Waals surface area contributed by atoms with Crippen molar-refractivity contribution in [2.75, 3.05) is 5.43 Å². The number of thiophene rings is 1. The Labute approximate surface area is 108 Å². The molecule has 0 fully saturated rings. The maximum Gasteiger partial charge on any atom is 0.199 e. The van der Waals surface area contributed by atoms with Gasteiger partial charge in [-0.25, -0.2) is 15.8 Å². The SMILES string of the molecule is CCc1cc2c(NN)nc(-c3ccco3)nc2s1. The summed E-state index contributed by atoms with van der Waals surface area (Å²) in [4.78, 5) is 11.1. The molecule has 0 unspecified atom stereocenters. The van der Waals surface area contributed by atoms with Crippen LogP contribution in [0.15, 0.2) is 28.9 Å². The van der Waals surface area contributed by atoms with Gasteiger partial charge in [0.2, 0.25) is 0 Å². The number of furan rings is 1. The number of hydrogen-bond acceptors (Lipinski definition) is 6. The predicted octanol–water partition coefficient (Wildman–Crippen LogP) is 2.80. The van der Waals surface area contributed by atoms with E-state index >= 15 is 0 Å². The van der Waals surface area contributed by atoms with Crippen molar-refractivity contribution in [2.45, 2.75) is 13.3 Å². The number of aromatic nitrogens is 2. The Morgan fingerprint density at radius 3 is 3.00 bits per heavy atom. The number of hydrazine groups is 1. The van der Waals surface area contributed by atoms with E-state index in [1.54, 1.807) is 17.6 Å². The normalized spacial score (nSPS) is 11.0. The first-order valence-corrected chi connectivity index (χ1v) is 6.44. The van der Waals surface area contributed by atoms with Gasteiger partial charge >= 0.3 is 0 Å². The van der Waals surface area contributed by atoms with Crippen molar-refractivity contribution in [1.82, 2.24) is 9.97 Å². The molecule has 3 N–H and O–H groups in total. The van der Waals surface area contributed by atoms with E-state index in [0.29, 0.717) is 17.4 Å². The Hall–Kier alpha value is -1.92. The van der Waals surface area contributed by atoms with Crippen LogP contribution < -0.4 is 11.3 Å². The van der Waals surface area contributed by atoms with Gasteiger partial charge in [0.05, 0.1) is 11.6 Å². The second kappa shape index (κ2) is 4.40. The Morgan fingerprint density at radius 1 is 1.44 bits per heavy atom. The second-order valence-electron chi connectivity index (χ2n) is 3.80. The standard InChI is InChI=1S/C12H12N4OS/c1-2-7-6-8-10(16-13)14-11(15-12(8)18-7)9-4-3-5-17-9/h3-6H,2,13H2,1H3,(H,14,15,16). The van der Waals surface area contributed by atoms with Crippen LogP contribution in [0.5, 0.6) is 0 Å². The average Bonchev–Trinajstić information content (AvgIpc) is 3.05. The lowest BCUT2D eigenvalue weighted by atomic mass is 10.3. The van der Waals surface area contributed by atoms with Gasteiger partial charge in [-0.2, -0.15) is 0 Å². The summed E-state index contributed by atoms with van der Waals surface area (Å²) in [5.74, 6) is 7.33. The van der Waals surface area contributed by atoms with Gasteiger partial charge < -0.3 is 9.84 Å². The molecule has 5 nitrogen and oxygen atoms in total. The predicted molar refractivity (Wildman–Crippen MR) is 72.3 cm³/mol. The molecule has 6 heteroatoms. The molecular formula is C12H12N4OS. The molecule has 0 bridgehead atoms. The molecule has 0 amide bonds. The van der Waals surface area contributed by atoms with E-state index in [4.69, 9.17) is 10.3 Å². The van der Waals surface area contributed by atoms with Crippen molar-refractivity contribution < 1.29 is 4.42 Å². The molecule has 0 saturated heterocycles. The van der Waals surface area contributed by atoms with Crippen LogP contribution in [0.25, 0.3) is 21.8 Å². The first-order valence-electron chi connectivity index (χ1n) is 5.62. The van der Waals surface area contributed by atoms with E-state index in [-0.39, 0.29) is 0 Å². The summed E-state index contributed by atoms with van der Waals surface area (Å²) in [6.45, 7) is 2.11. The maximum absolute atomic E-state index is 5.52. The molecule has 0 aliphatic rings. The summed E-state index contributed by atoms with van der Waals surface area (Å²) in [5.41, 5.74) is 2.62. The summed E-state index contributed by atoms with van der Waals surface area (Å²) in [7, 11) is 0. The number of nitrogen functional groups attached to an aromatic ring is 1. The van der Waals surface area contributed by atoms with Crippen LogP contribution in [0.3, 0.4) is 0 Å². The van der Waals surface area contributed by atoms with Gasteiger partial charge in [-0.05, 0) is 24.6 Å². The largest absolute Gasteiger partial charge is 0.461 e. The van der Waals surface area contributed by atoms with Crippen LogP contribution in [0.1, 0.15) is 11.8 Å². The minimum Gasteiger partial charge on any atom is -0.461 e. The molecule has 0 radical (unpaired) electrons. The zero-order chi connectivity index (χ0) is 12.5. The van der Waals surface area contributed by atoms with Crippen molar-refractivity contribution in [1.29, 1.82) is 0 Å². The third-order valence-corrected chi connectivity index (χ3v) is 3.84. The van der Waals surface area contributed by atoms with Crippen molar-refractivity contribution in [3.63, 3.8) is 0 Å². The van der Waals surface area contributed by atoms with Crippen LogP contribution in [-0.2, 0) is 6.42 Å². The lowest BCUT2D eigenvalue weighted by Gasteiger charge is -2.02. The van der Waals surface area contributed by atoms with Crippen LogP contribution in [0.2, 0.25) is 0 Å². The number of hydrogen-bond donors (Lipinski definition) is 2. The van der Waals surface area contributed by atoms with E-state index in [2.05, 4.69) is 28.4 Å². The molecule has 3 rings (SSSR count). The summed E-state index contributed by atoms with van der Waals surface area (Å²) >= 11 is 1.65. The monoisotopic (exact) mass is 260 g/mol. The highest BCUT2D eigenvalue weighted by Crippen LogP contribution is 2.31. The lowest BCUT2D eigenvalue weighted by Crippen LogP contribution is -2.09. The van der Waals surface area contributed by atoms with Crippen LogP contribution in [-0.4, -0.2) is 9.97 Å². The third kappa shape index (κ3) is 1.75. The fourth-order valence-corrected chi connectivity index (χ4v) is 2.74. The minimum atomic E-state index is 0.546. The smallest absolute Gasteiger partial charge is 0.199 e. The molecule has 0 aromatic carbocycles. The number of rotatable bonds is 3. The molecule has 0 saturated carbocycles. The van der Waals surface area contributed by atoms with Gasteiger partial charge in [-0.1, -0.05) is 6.92 Å². The number of anilines is 1. The second-order valence-corrected chi connectivity index (χ2v) is 4.92. The van der Waals surface area contributed by atoms with Gasteiger partial charge in [0.25, 0.3) is 0 Å². The van der Waals surface area contributed by atoms with E-state index < -0.39 is 0 Å². The Morgan fingerprint density at radius 2 is 2.33 bits per heavy atom. The molecule has 3 aromatic rings. The fourth-order valence-electron chi connectivity index (χ4n) is 1.77. The highest BCUT2D eigenvalue weighted by Gasteiger charge is 2.13. The van der Waals surface area contributed by atoms with Crippen molar-refractivity contribution in [3.05, 3.63) is 29.3 Å². The van der Waals surface area contributed by atoms with E-state index in [1.807, 2.05) is 12.1 Å². The number of nitrogens with one attached hydrogen (secondary N) is 1. The van der Waals surface area contributed by atoms with Crippen molar-refractivity contribution >= 4 is 27.4 Å². The summed E-state index contributed by atoms with van der Waals surface area (Å²) < 4.78 is 5.31. The Kier molecular flexibility index (Phi) is 2.73. The number of aryl methyl sites for hydroxylation is 1. The van der Waals surface area contributed by atoms with Gasteiger partial charge in [0.15, 0.2) is 17.4 Å². The van der Waals surface area contributed by atoms with Crippen molar-refractivity contribution in [3.8, 4) is 11.6 Å². The molecular weight excluding hydrogens is 248 g/mol. The zero-order valence-electron chi connectivity index (χ0n) is 9.80. The van der Waals surface area contributed by atoms with E-state index in [1.165, 1.54) is 4.88 Å². The topological polar surface area (TPSA) is 77.0 Å². The number of nitrogens with zero attached hydrogens (tertiary/aromatic N) is 2. The van der Waals surface area contributed by atoms with Crippen LogP contribution >= 0.6 is 11.3 Å². The first kappa shape index (κ1) is 11.2. The molecule has 18 heavy (non-hydrogen) atoms. The molecule has 3 heterocycles. The molecule has 0 spiro atoms. The zero-order valence-corrected chi connectivity index (χ0v) is 10.6. The number of nitrogens with two attached hydrogens (primary N) is 1. The van der Waals surface area contributed by atoms with Crippen LogP contribution in [0.4, 0.5) is 5.82 Å². The Balaban J connectivity index is 2.24. The molecule has 92 valence electrons. The number of fused-ring (bicyclic) bond motifs is 1. The first-order chi connectivity index (χ1) is 8.81. The maximum atomic E-state index is 5.52. The molecule has 0 aliphatic carbocycles. The highest BCUT2D eigenvalue weighted by atomic mass is 32.1. The van der Waals surface area contributed by atoms with E-state index in [9.17, 15) is 0 Å². The highest BCUT2D eigenvalue weighted by molar-refractivity contribution is 7.18. The minimum absolute atomic E-state index is 0.546. The van der Waals surface area contributed by atoms with Gasteiger partial charge in [0, 0.05) is 4.88 Å². The third-order valence-electron chi connectivity index (χ3n) is 2.67. The van der Waals surface area contributed by atoms with Gasteiger partial charge in [-0.15, -0.1) is 11.3 Å². The lowest BCUT2D eigenvalue weighted by molar-refractivity contribution is 0.578. The molecule has 0 aliphatic heterocycles. The fraction of sp³-hybridized carbons (Fsp3) is 0.167. The van der Waals surface area contributed by atoms with E-state index in [0.717, 1.165) is 16.6 Å². The van der Waals surface area contributed by atoms with Crippen LogP contribution in [0, 0.1) is 0 Å². The quantitative estimate of drug-likeness (QED) is 0.559. The summed E-state index contributed by atoms with van der Waals surface area (Å²) in [6.07, 6.45) is 2.57. The summed E-state index contributed by atoms with van der Waals surface area (Å²) in [5, 5.41) is 0.953. The van der Waals surface area contributed by atoms with Gasteiger partial charge in [0.1, 0.15) is 4.83 Å². The Bertz CT molecular complexity index is 675. The average molecular weight is 260 g/mol. The molecule has 3 aromatic heterocycles. The molecule has 0 atom stereocenters. The van der Waals surface area contributed by atoms with Gasteiger partial charge in [-0.3, -0.25) is 0 Å². The van der Waals surface area contributed by atoms with Crippen molar-refractivity contribution in [2.24, 2.45) is 5.84 Å². The summed E-state index contributed by atoms with van der Waals surface area (Å²) in [6, 6.07) is 5.71.